The van der Waals surface area contributed by atoms with Gasteiger partial charge in [0.25, 0.3) is 5.91 Å². The fourth-order valence-electron chi connectivity index (χ4n) is 6.62. The Morgan fingerprint density at radius 3 is 2.56 bits per heavy atom. The molecule has 176 valence electrons. The average Bonchev–Trinajstić information content (AvgIpc) is 3.49. The Morgan fingerprint density at radius 2 is 1.82 bits per heavy atom. The van der Waals surface area contributed by atoms with Gasteiger partial charge in [-0.1, -0.05) is 29.3 Å². The van der Waals surface area contributed by atoms with Crippen molar-refractivity contribution in [2.75, 3.05) is 23.9 Å². The van der Waals surface area contributed by atoms with Crippen molar-refractivity contribution in [1.82, 2.24) is 4.90 Å². The van der Waals surface area contributed by atoms with Crippen LogP contribution in [-0.2, 0) is 19.9 Å². The van der Waals surface area contributed by atoms with Crippen LogP contribution in [0.3, 0.4) is 0 Å². The molecule has 0 unspecified atom stereocenters. The molecule has 2 aromatic rings. The molecule has 0 bridgehead atoms. The molecule has 4 aliphatic heterocycles. The average molecular weight is 500 g/mol. The molecule has 0 aliphatic carbocycles. The molecule has 9 heteroatoms. The topological polar surface area (TPSA) is 78.9 Å². The Kier molecular flexibility index (Phi) is 4.63. The summed E-state index contributed by atoms with van der Waals surface area (Å²) in [5.74, 6) is -2.15. The summed E-state index contributed by atoms with van der Waals surface area (Å²) in [6.45, 7) is 4.36. The van der Waals surface area contributed by atoms with E-state index in [2.05, 4.69) is 10.2 Å². The molecule has 0 aromatic heterocycles. The monoisotopic (exact) mass is 499 g/mol. The fourth-order valence-corrected chi connectivity index (χ4v) is 7.09. The Labute approximate surface area is 206 Å². The lowest BCUT2D eigenvalue weighted by molar-refractivity contribution is -0.135. The molecule has 4 aliphatic rings. The number of amides is 3. The summed E-state index contributed by atoms with van der Waals surface area (Å²) >= 11 is 12.8. The number of aryl methyl sites for hydroxylation is 2. The minimum atomic E-state index is -1.27. The first-order valence-corrected chi connectivity index (χ1v) is 12.1. The van der Waals surface area contributed by atoms with Crippen LogP contribution < -0.4 is 15.0 Å². The van der Waals surface area contributed by atoms with Gasteiger partial charge in [-0.05, 0) is 56.5 Å². The Hall–Kier alpha value is -2.61. The maximum Gasteiger partial charge on any atom is 0.250 e. The number of hydrogen-bond donors (Lipinski definition) is 1. The van der Waals surface area contributed by atoms with Gasteiger partial charge < -0.3 is 10.1 Å². The summed E-state index contributed by atoms with van der Waals surface area (Å²) in [6, 6.07) is 6.81. The van der Waals surface area contributed by atoms with Gasteiger partial charge in [-0.2, -0.15) is 0 Å². The van der Waals surface area contributed by atoms with Crippen LogP contribution in [0.5, 0.6) is 5.75 Å². The van der Waals surface area contributed by atoms with Crippen molar-refractivity contribution in [2.45, 2.75) is 38.3 Å². The van der Waals surface area contributed by atoms with Gasteiger partial charge in [0.15, 0.2) is 0 Å². The number of halogens is 2. The van der Waals surface area contributed by atoms with Crippen LogP contribution in [0.25, 0.3) is 0 Å². The zero-order chi connectivity index (χ0) is 24.1. The highest BCUT2D eigenvalue weighted by Gasteiger charge is 2.75. The molecule has 0 saturated carbocycles. The number of imide groups is 1. The Morgan fingerprint density at radius 1 is 1.06 bits per heavy atom. The highest BCUT2D eigenvalue weighted by Crippen LogP contribution is 2.62. The van der Waals surface area contributed by atoms with Gasteiger partial charge >= 0.3 is 0 Å². The third-order valence-corrected chi connectivity index (χ3v) is 8.60. The molecule has 6 rings (SSSR count). The van der Waals surface area contributed by atoms with Crippen molar-refractivity contribution in [1.29, 1.82) is 0 Å². The second-order valence-electron chi connectivity index (χ2n) is 9.58. The van der Waals surface area contributed by atoms with E-state index in [1.807, 2.05) is 19.9 Å². The molecule has 0 radical (unpaired) electrons. The summed E-state index contributed by atoms with van der Waals surface area (Å²) in [4.78, 5) is 45.2. The second-order valence-corrected chi connectivity index (χ2v) is 10.4. The molecule has 3 amide bonds. The van der Waals surface area contributed by atoms with Crippen LogP contribution in [0.15, 0.2) is 24.3 Å². The van der Waals surface area contributed by atoms with Gasteiger partial charge in [-0.15, -0.1) is 0 Å². The minimum absolute atomic E-state index is 0.207. The number of benzene rings is 2. The van der Waals surface area contributed by atoms with Crippen molar-refractivity contribution in [3.63, 3.8) is 0 Å². The van der Waals surface area contributed by atoms with E-state index < -0.39 is 23.3 Å². The highest BCUT2D eigenvalue weighted by atomic mass is 35.5. The lowest BCUT2D eigenvalue weighted by Gasteiger charge is -2.37. The van der Waals surface area contributed by atoms with Gasteiger partial charge in [0, 0.05) is 22.7 Å². The Balaban J connectivity index is 1.58. The summed E-state index contributed by atoms with van der Waals surface area (Å²) < 4.78 is 5.49. The summed E-state index contributed by atoms with van der Waals surface area (Å²) in [6.07, 6.45) is 1.59. The molecule has 4 atom stereocenters. The number of methoxy groups -OCH3 is 1. The van der Waals surface area contributed by atoms with Crippen molar-refractivity contribution < 1.29 is 19.1 Å². The first-order chi connectivity index (χ1) is 16.2. The summed E-state index contributed by atoms with van der Waals surface area (Å²) in [5.41, 5.74) is 1.91. The SMILES string of the molecule is COc1cc(Cl)c(C)cc1N1C(=O)[C@H]2[C@@H](C1=O)[C@@]1(C(=O)Nc3c(Cl)cc(C)cc31)N1CCC[C@@H]21. The van der Waals surface area contributed by atoms with E-state index in [9.17, 15) is 14.4 Å². The maximum atomic E-state index is 14.2. The van der Waals surface area contributed by atoms with E-state index in [0.717, 1.165) is 24.0 Å². The molecule has 3 fully saturated rings. The number of nitrogens with one attached hydrogen (secondary N) is 1. The minimum Gasteiger partial charge on any atom is -0.495 e. The van der Waals surface area contributed by atoms with E-state index in [4.69, 9.17) is 27.9 Å². The zero-order valence-electron chi connectivity index (χ0n) is 18.9. The van der Waals surface area contributed by atoms with E-state index in [0.29, 0.717) is 39.3 Å². The third kappa shape index (κ3) is 2.50. The van der Waals surface area contributed by atoms with Gasteiger partial charge in [0.1, 0.15) is 11.3 Å². The lowest BCUT2D eigenvalue weighted by atomic mass is 9.75. The molecule has 1 spiro atoms. The smallest absolute Gasteiger partial charge is 0.250 e. The van der Waals surface area contributed by atoms with Crippen LogP contribution in [-0.4, -0.2) is 42.3 Å². The lowest BCUT2D eigenvalue weighted by Crippen LogP contribution is -2.54. The largest absolute Gasteiger partial charge is 0.495 e. The van der Waals surface area contributed by atoms with Crippen LogP contribution in [0.2, 0.25) is 10.0 Å². The quantitative estimate of drug-likeness (QED) is 0.630. The third-order valence-electron chi connectivity index (χ3n) is 7.90. The maximum absolute atomic E-state index is 14.2. The first kappa shape index (κ1) is 21.9. The zero-order valence-corrected chi connectivity index (χ0v) is 20.5. The number of carbonyl (C=O) groups excluding carboxylic acids is 3. The van der Waals surface area contributed by atoms with Crippen LogP contribution >= 0.6 is 23.2 Å². The number of ether oxygens (including phenoxy) is 1. The van der Waals surface area contributed by atoms with E-state index >= 15 is 0 Å². The number of hydrogen-bond acceptors (Lipinski definition) is 5. The van der Waals surface area contributed by atoms with Crippen LogP contribution in [0, 0.1) is 25.7 Å². The molecule has 3 saturated heterocycles. The van der Waals surface area contributed by atoms with Crippen molar-refractivity contribution >= 4 is 52.3 Å². The van der Waals surface area contributed by atoms with Crippen molar-refractivity contribution in [2.24, 2.45) is 11.8 Å². The van der Waals surface area contributed by atoms with Crippen molar-refractivity contribution in [3.8, 4) is 5.75 Å². The summed E-state index contributed by atoms with van der Waals surface area (Å²) in [7, 11) is 1.47. The number of anilines is 2. The van der Waals surface area contributed by atoms with Gasteiger partial charge in [-0.3, -0.25) is 19.3 Å². The van der Waals surface area contributed by atoms with Crippen LogP contribution in [0.4, 0.5) is 11.4 Å². The number of nitrogens with zero attached hydrogens (tertiary/aromatic N) is 2. The molecule has 1 N–H and O–H groups in total. The number of fused-ring (bicyclic) bond motifs is 7. The molecule has 7 nitrogen and oxygen atoms in total. The normalized spacial score (nSPS) is 29.6. The van der Waals surface area contributed by atoms with Crippen molar-refractivity contribution in [3.05, 3.63) is 51.0 Å². The predicted molar refractivity (Wildman–Crippen MR) is 128 cm³/mol. The van der Waals surface area contributed by atoms with Gasteiger partial charge in [0.05, 0.1) is 35.3 Å². The predicted octanol–water partition coefficient (Wildman–Crippen LogP) is 4.05. The molecular formula is C25H23Cl2N3O4. The first-order valence-electron chi connectivity index (χ1n) is 11.3. The molecular weight excluding hydrogens is 477 g/mol. The fraction of sp³-hybridized carbons (Fsp3) is 0.400. The number of rotatable bonds is 2. The second kappa shape index (κ2) is 7.20. The highest BCUT2D eigenvalue weighted by molar-refractivity contribution is 6.35. The standard InChI is InChI=1S/C25H23Cl2N3O4/c1-11-7-13-21(15(27)8-11)28-24(33)25(13)20-19(16-5-4-6-29(16)25)22(31)30(23(20)32)17-9-12(2)14(26)10-18(17)34-3/h7-10,16,19-20H,4-6H2,1-3H3,(H,28,33)/t16-,19+,20-,25-/m0/s1. The van der Waals surface area contributed by atoms with E-state index in [-0.39, 0.29) is 17.9 Å². The molecule has 34 heavy (non-hydrogen) atoms. The molecule has 4 heterocycles. The van der Waals surface area contributed by atoms with E-state index in [1.165, 1.54) is 12.0 Å². The van der Waals surface area contributed by atoms with E-state index in [1.54, 1.807) is 18.2 Å². The van der Waals surface area contributed by atoms with Gasteiger partial charge in [0.2, 0.25) is 11.8 Å². The molecule has 2 aromatic carbocycles. The summed E-state index contributed by atoms with van der Waals surface area (Å²) in [5, 5.41) is 3.86. The van der Waals surface area contributed by atoms with Gasteiger partial charge in [-0.25, -0.2) is 4.90 Å². The number of carbonyl (C=O) groups is 3. The Bertz CT molecular complexity index is 1310. The van der Waals surface area contributed by atoms with Crippen LogP contribution in [0.1, 0.15) is 29.5 Å².